The fourth-order valence-corrected chi connectivity index (χ4v) is 2.51. The van der Waals surface area contributed by atoms with E-state index in [4.69, 9.17) is 17.3 Å². The average Bonchev–Trinajstić information content (AvgIpc) is 2.70. The normalized spacial score (nSPS) is 11.1. The van der Waals surface area contributed by atoms with Gasteiger partial charge in [-0.05, 0) is 24.3 Å². The van der Waals surface area contributed by atoms with Crippen molar-refractivity contribution in [2.24, 2.45) is 0 Å². The van der Waals surface area contributed by atoms with Gasteiger partial charge in [-0.1, -0.05) is 17.1 Å². The number of rotatable bonds is 1. The van der Waals surface area contributed by atoms with E-state index in [1.165, 1.54) is 22.6 Å². The highest BCUT2D eigenvalue weighted by atomic mass is 35.5. The van der Waals surface area contributed by atoms with Crippen molar-refractivity contribution in [1.29, 1.82) is 0 Å². The van der Waals surface area contributed by atoms with Crippen LogP contribution in [0.2, 0.25) is 5.02 Å². The summed E-state index contributed by atoms with van der Waals surface area (Å²) in [5.74, 6) is -0.435. The Balaban J connectivity index is 2.44. The van der Waals surface area contributed by atoms with Crippen LogP contribution in [-0.4, -0.2) is 17.2 Å². The smallest absolute Gasteiger partial charge is 0.330 e. The fraction of sp³-hybridized carbons (Fsp3) is 0. The first-order valence-corrected chi connectivity index (χ1v) is 6.31. The summed E-state index contributed by atoms with van der Waals surface area (Å²) < 4.78 is 14.8. The maximum Gasteiger partial charge on any atom is 0.330 e. The molecule has 0 aliphatic carbocycles. The van der Waals surface area contributed by atoms with Gasteiger partial charge in [-0.25, -0.2) is 9.18 Å². The van der Waals surface area contributed by atoms with Crippen LogP contribution < -0.4 is 16.9 Å². The highest BCUT2D eigenvalue weighted by Gasteiger charge is 2.15. The molecule has 3 N–H and O–H groups in total. The van der Waals surface area contributed by atoms with Crippen molar-refractivity contribution >= 4 is 36.1 Å². The SMILES string of the molecule is Bc1cc(N)c2c(-c3cc(F)ccc3Cl)[nH]c(=O)n2c1. The third-order valence-electron chi connectivity index (χ3n) is 3.12. The minimum atomic E-state index is -0.435. The van der Waals surface area contributed by atoms with Crippen molar-refractivity contribution < 1.29 is 4.39 Å². The van der Waals surface area contributed by atoms with Gasteiger partial charge < -0.3 is 10.7 Å². The molecule has 100 valence electrons. The third kappa shape index (κ3) is 1.89. The Morgan fingerprint density at radius 2 is 2.10 bits per heavy atom. The van der Waals surface area contributed by atoms with Crippen molar-refractivity contribution in [3.63, 3.8) is 0 Å². The molecular weight excluding hydrogens is 279 g/mol. The maximum absolute atomic E-state index is 13.4. The van der Waals surface area contributed by atoms with Gasteiger partial charge in [0.05, 0.1) is 21.9 Å². The third-order valence-corrected chi connectivity index (χ3v) is 3.45. The summed E-state index contributed by atoms with van der Waals surface area (Å²) in [5, 5.41) is 0.343. The van der Waals surface area contributed by atoms with E-state index in [0.29, 0.717) is 27.5 Å². The number of anilines is 1. The van der Waals surface area contributed by atoms with Crippen molar-refractivity contribution in [2.45, 2.75) is 0 Å². The molecule has 0 bridgehead atoms. The number of H-pyrrole nitrogens is 1. The highest BCUT2D eigenvalue weighted by Crippen LogP contribution is 2.31. The predicted molar refractivity (Wildman–Crippen MR) is 81.0 cm³/mol. The molecule has 20 heavy (non-hydrogen) atoms. The first-order chi connectivity index (χ1) is 9.47. The number of imidazole rings is 1. The van der Waals surface area contributed by atoms with Crippen LogP contribution in [0.15, 0.2) is 35.3 Å². The van der Waals surface area contributed by atoms with Crippen LogP contribution in [0.4, 0.5) is 10.1 Å². The van der Waals surface area contributed by atoms with Crippen LogP contribution in [-0.2, 0) is 0 Å². The molecule has 2 aromatic heterocycles. The molecule has 1 aromatic carbocycles. The Morgan fingerprint density at radius 3 is 2.85 bits per heavy atom. The molecule has 4 nitrogen and oxygen atoms in total. The number of nitrogen functional groups attached to an aromatic ring is 1. The van der Waals surface area contributed by atoms with Gasteiger partial charge in [-0.3, -0.25) is 4.40 Å². The highest BCUT2D eigenvalue weighted by molar-refractivity contribution is 6.34. The number of nitrogens with one attached hydrogen (secondary N) is 1. The van der Waals surface area contributed by atoms with Crippen LogP contribution in [0.3, 0.4) is 0 Å². The lowest BCUT2D eigenvalue weighted by Gasteiger charge is -2.06. The van der Waals surface area contributed by atoms with E-state index in [9.17, 15) is 9.18 Å². The molecule has 7 heteroatoms. The Labute approximate surface area is 119 Å². The zero-order chi connectivity index (χ0) is 14.4. The van der Waals surface area contributed by atoms with E-state index in [2.05, 4.69) is 4.98 Å². The van der Waals surface area contributed by atoms with Gasteiger partial charge in [0.15, 0.2) is 0 Å². The van der Waals surface area contributed by atoms with E-state index in [1.54, 1.807) is 12.3 Å². The Kier molecular flexibility index (Phi) is 2.83. The number of nitrogens with zero attached hydrogens (tertiary/aromatic N) is 1. The van der Waals surface area contributed by atoms with Gasteiger partial charge in [0.2, 0.25) is 0 Å². The minimum absolute atomic E-state index is 0.342. The van der Waals surface area contributed by atoms with Crippen molar-refractivity contribution in [1.82, 2.24) is 9.38 Å². The number of fused-ring (bicyclic) bond motifs is 1. The van der Waals surface area contributed by atoms with E-state index in [0.717, 1.165) is 5.46 Å². The summed E-state index contributed by atoms with van der Waals surface area (Å²) in [4.78, 5) is 14.7. The summed E-state index contributed by atoms with van der Waals surface area (Å²) >= 11 is 6.09. The second-order valence-electron chi connectivity index (χ2n) is 4.62. The molecule has 2 heterocycles. The lowest BCUT2D eigenvalue weighted by Crippen LogP contribution is -2.15. The van der Waals surface area contributed by atoms with Crippen LogP contribution in [0.25, 0.3) is 16.8 Å². The lowest BCUT2D eigenvalue weighted by atomic mass is 9.97. The topological polar surface area (TPSA) is 63.3 Å². The number of aromatic amines is 1. The molecule has 0 amide bonds. The standard InChI is InChI=1S/C13H10BClFN3O/c14-6-3-10(17)12-11(18-13(20)19(12)5-6)8-4-7(16)1-2-9(8)15/h1-5H,14,17H2,(H,18,20). The molecule has 0 unspecified atom stereocenters. The molecule has 0 aliphatic rings. The number of nitrogens with two attached hydrogens (primary N) is 1. The number of halogens is 2. The first-order valence-electron chi connectivity index (χ1n) is 5.93. The molecule has 0 saturated carbocycles. The molecule has 3 aromatic rings. The molecule has 0 atom stereocenters. The minimum Gasteiger partial charge on any atom is -0.397 e. The predicted octanol–water partition coefficient (Wildman–Crippen LogP) is 0.928. The summed E-state index contributed by atoms with van der Waals surface area (Å²) in [5.41, 5.74) is 8.23. The molecule has 0 radical (unpaired) electrons. The Morgan fingerprint density at radius 1 is 1.35 bits per heavy atom. The number of benzene rings is 1. The monoisotopic (exact) mass is 289 g/mol. The van der Waals surface area contributed by atoms with Gasteiger partial charge in [0, 0.05) is 11.8 Å². The summed E-state index contributed by atoms with van der Waals surface area (Å²) in [6.07, 6.45) is 1.67. The summed E-state index contributed by atoms with van der Waals surface area (Å²) in [6, 6.07) is 5.72. The molecular formula is C13H10BClFN3O. The van der Waals surface area contributed by atoms with Gasteiger partial charge in [-0.2, -0.15) is 0 Å². The summed E-state index contributed by atoms with van der Waals surface area (Å²) in [6.45, 7) is 0. The summed E-state index contributed by atoms with van der Waals surface area (Å²) in [7, 11) is 1.84. The van der Waals surface area contributed by atoms with Gasteiger partial charge in [-0.15, -0.1) is 0 Å². The van der Waals surface area contributed by atoms with Gasteiger partial charge >= 0.3 is 5.69 Å². The van der Waals surface area contributed by atoms with Crippen LogP contribution >= 0.6 is 11.6 Å². The van der Waals surface area contributed by atoms with Gasteiger partial charge in [0.1, 0.15) is 13.7 Å². The van der Waals surface area contributed by atoms with Gasteiger partial charge in [0.25, 0.3) is 0 Å². The number of pyridine rings is 1. The van der Waals surface area contributed by atoms with Crippen LogP contribution in [0.5, 0.6) is 0 Å². The first kappa shape index (κ1) is 12.8. The Bertz CT molecular complexity index is 887. The molecule has 0 aliphatic heterocycles. The largest absolute Gasteiger partial charge is 0.397 e. The number of aromatic nitrogens is 2. The van der Waals surface area contributed by atoms with E-state index in [-0.39, 0.29) is 5.69 Å². The van der Waals surface area contributed by atoms with E-state index in [1.807, 2.05) is 7.85 Å². The fourth-order valence-electron chi connectivity index (χ4n) is 2.29. The van der Waals surface area contributed by atoms with Crippen molar-refractivity contribution in [3.05, 3.63) is 51.8 Å². The molecule has 3 rings (SSSR count). The molecule has 0 spiro atoms. The second kappa shape index (κ2) is 4.42. The average molecular weight is 290 g/mol. The molecule has 0 saturated heterocycles. The van der Waals surface area contributed by atoms with E-state index < -0.39 is 5.82 Å². The quantitative estimate of drug-likeness (QED) is 0.655. The van der Waals surface area contributed by atoms with Crippen LogP contribution in [0, 0.1) is 5.82 Å². The second-order valence-corrected chi connectivity index (χ2v) is 5.03. The van der Waals surface area contributed by atoms with E-state index >= 15 is 0 Å². The number of hydrogen-bond acceptors (Lipinski definition) is 2. The van der Waals surface area contributed by atoms with Crippen molar-refractivity contribution in [2.75, 3.05) is 5.73 Å². The zero-order valence-corrected chi connectivity index (χ0v) is 11.3. The number of hydrogen-bond donors (Lipinski definition) is 2. The van der Waals surface area contributed by atoms with Crippen LogP contribution in [0.1, 0.15) is 0 Å². The molecule has 0 fully saturated rings. The zero-order valence-electron chi connectivity index (χ0n) is 10.6. The van der Waals surface area contributed by atoms with Crippen molar-refractivity contribution in [3.8, 4) is 11.3 Å². The maximum atomic E-state index is 13.4. The Hall–Kier alpha value is -2.21. The lowest BCUT2D eigenvalue weighted by molar-refractivity contribution is 0.628.